The standard InChI is InChI=1S/C11H17O2P/c1-3-4-9-13-14(12)11-8-6-5-7-10(11)2/h5-8,14H,3-4,9H2,1-2H3. The van der Waals surface area contributed by atoms with E-state index in [1.807, 2.05) is 31.2 Å². The Kier molecular flexibility index (Phi) is 4.92. The molecule has 1 aromatic rings. The monoisotopic (exact) mass is 212 g/mol. The molecule has 0 aliphatic carbocycles. The molecule has 0 amide bonds. The fourth-order valence-electron chi connectivity index (χ4n) is 1.19. The van der Waals surface area contributed by atoms with Crippen LogP contribution in [0.5, 0.6) is 0 Å². The first kappa shape index (κ1) is 11.5. The van der Waals surface area contributed by atoms with Crippen LogP contribution in [0.4, 0.5) is 0 Å². The molecule has 0 saturated heterocycles. The second kappa shape index (κ2) is 6.00. The molecule has 0 spiro atoms. The molecule has 0 saturated carbocycles. The quantitative estimate of drug-likeness (QED) is 0.554. The Bertz CT molecular complexity index is 310. The van der Waals surface area contributed by atoms with Crippen LogP contribution in [0.15, 0.2) is 24.3 Å². The third-order valence-corrected chi connectivity index (χ3v) is 3.56. The summed E-state index contributed by atoms with van der Waals surface area (Å²) in [4.78, 5) is 0. The van der Waals surface area contributed by atoms with Crippen molar-refractivity contribution in [3.05, 3.63) is 29.8 Å². The van der Waals surface area contributed by atoms with Gasteiger partial charge in [-0.3, -0.25) is 4.57 Å². The summed E-state index contributed by atoms with van der Waals surface area (Å²) < 4.78 is 17.0. The third-order valence-electron chi connectivity index (χ3n) is 2.10. The maximum atomic E-state index is 11.7. The predicted octanol–water partition coefficient (Wildman–Crippen LogP) is 2.91. The summed E-state index contributed by atoms with van der Waals surface area (Å²) in [6.45, 7) is 4.65. The van der Waals surface area contributed by atoms with Crippen LogP contribution in [0.3, 0.4) is 0 Å². The molecular weight excluding hydrogens is 195 g/mol. The average Bonchev–Trinajstić information content (AvgIpc) is 2.18. The highest BCUT2D eigenvalue weighted by molar-refractivity contribution is 7.48. The maximum Gasteiger partial charge on any atom is 0.220 e. The maximum absolute atomic E-state index is 11.7. The number of unbranched alkanes of at least 4 members (excludes halogenated alkanes) is 1. The van der Waals surface area contributed by atoms with Gasteiger partial charge in [0.05, 0.1) is 6.61 Å². The minimum absolute atomic E-state index is 0.600. The Morgan fingerprint density at radius 1 is 1.36 bits per heavy atom. The van der Waals surface area contributed by atoms with E-state index >= 15 is 0 Å². The lowest BCUT2D eigenvalue weighted by Crippen LogP contribution is -2.02. The molecule has 1 aromatic carbocycles. The van der Waals surface area contributed by atoms with E-state index < -0.39 is 8.03 Å². The Balaban J connectivity index is 2.56. The Morgan fingerprint density at radius 2 is 2.07 bits per heavy atom. The molecule has 0 aromatic heterocycles. The molecule has 1 unspecified atom stereocenters. The first-order valence-corrected chi connectivity index (χ1v) is 6.30. The zero-order valence-corrected chi connectivity index (χ0v) is 9.75. The minimum atomic E-state index is -2.02. The Labute approximate surface area is 86.2 Å². The number of benzene rings is 1. The molecule has 0 radical (unpaired) electrons. The van der Waals surface area contributed by atoms with Gasteiger partial charge in [0.2, 0.25) is 8.03 Å². The highest BCUT2D eigenvalue weighted by Gasteiger charge is 2.05. The van der Waals surface area contributed by atoms with Gasteiger partial charge in [-0.05, 0) is 25.0 Å². The van der Waals surface area contributed by atoms with Gasteiger partial charge in [-0.15, -0.1) is 0 Å². The van der Waals surface area contributed by atoms with Gasteiger partial charge in [0.15, 0.2) is 0 Å². The first-order valence-electron chi connectivity index (χ1n) is 4.98. The normalized spacial score (nSPS) is 12.7. The summed E-state index contributed by atoms with van der Waals surface area (Å²) in [5.41, 5.74) is 1.05. The summed E-state index contributed by atoms with van der Waals surface area (Å²) in [5.74, 6) is 0. The fourth-order valence-corrected chi connectivity index (χ4v) is 2.31. The molecule has 2 nitrogen and oxygen atoms in total. The largest absolute Gasteiger partial charge is 0.327 e. The summed E-state index contributed by atoms with van der Waals surface area (Å²) in [6.07, 6.45) is 2.05. The first-order chi connectivity index (χ1) is 6.75. The molecule has 0 bridgehead atoms. The lowest BCUT2D eigenvalue weighted by Gasteiger charge is -2.06. The van der Waals surface area contributed by atoms with E-state index in [0.29, 0.717) is 6.61 Å². The summed E-state index contributed by atoms with van der Waals surface area (Å²) in [5, 5.41) is 0.855. The number of hydrogen-bond donors (Lipinski definition) is 0. The van der Waals surface area contributed by atoms with Gasteiger partial charge in [0.25, 0.3) is 0 Å². The van der Waals surface area contributed by atoms with Crippen LogP contribution in [0.1, 0.15) is 25.3 Å². The zero-order chi connectivity index (χ0) is 10.4. The second-order valence-electron chi connectivity index (χ2n) is 3.30. The van der Waals surface area contributed by atoms with Gasteiger partial charge >= 0.3 is 0 Å². The Morgan fingerprint density at radius 3 is 2.71 bits per heavy atom. The zero-order valence-electron chi connectivity index (χ0n) is 8.75. The smallest absolute Gasteiger partial charge is 0.220 e. The van der Waals surface area contributed by atoms with E-state index in [1.165, 1.54) is 0 Å². The van der Waals surface area contributed by atoms with Crippen LogP contribution < -0.4 is 5.30 Å². The van der Waals surface area contributed by atoms with Gasteiger partial charge in [0, 0.05) is 5.30 Å². The van der Waals surface area contributed by atoms with Crippen LogP contribution in [0.2, 0.25) is 0 Å². The minimum Gasteiger partial charge on any atom is -0.327 e. The van der Waals surface area contributed by atoms with Crippen molar-refractivity contribution in [3.63, 3.8) is 0 Å². The lowest BCUT2D eigenvalue weighted by atomic mass is 10.2. The van der Waals surface area contributed by atoms with Gasteiger partial charge in [-0.2, -0.15) is 0 Å². The molecule has 0 aliphatic heterocycles. The summed E-state index contributed by atoms with van der Waals surface area (Å²) in [7, 11) is -2.02. The summed E-state index contributed by atoms with van der Waals surface area (Å²) >= 11 is 0. The molecule has 0 fully saturated rings. The van der Waals surface area contributed by atoms with Crippen molar-refractivity contribution in [1.82, 2.24) is 0 Å². The van der Waals surface area contributed by atoms with E-state index in [9.17, 15) is 4.57 Å². The number of hydrogen-bond acceptors (Lipinski definition) is 2. The van der Waals surface area contributed by atoms with E-state index in [-0.39, 0.29) is 0 Å². The van der Waals surface area contributed by atoms with Crippen LogP contribution in [-0.4, -0.2) is 6.61 Å². The fraction of sp³-hybridized carbons (Fsp3) is 0.455. The lowest BCUT2D eigenvalue weighted by molar-refractivity contribution is 0.326. The molecule has 1 atom stereocenters. The Hall–Kier alpha value is -0.590. The molecule has 0 heterocycles. The van der Waals surface area contributed by atoms with E-state index in [4.69, 9.17) is 4.52 Å². The van der Waals surface area contributed by atoms with Crippen molar-refractivity contribution in [2.75, 3.05) is 6.61 Å². The highest BCUT2D eigenvalue weighted by atomic mass is 31.1. The topological polar surface area (TPSA) is 26.3 Å². The van der Waals surface area contributed by atoms with Crippen molar-refractivity contribution in [3.8, 4) is 0 Å². The van der Waals surface area contributed by atoms with Crippen molar-refractivity contribution < 1.29 is 9.09 Å². The predicted molar refractivity (Wildman–Crippen MR) is 60.7 cm³/mol. The van der Waals surface area contributed by atoms with Gasteiger partial charge in [-0.1, -0.05) is 31.5 Å². The van der Waals surface area contributed by atoms with E-state index in [2.05, 4.69) is 6.92 Å². The molecule has 0 aliphatic rings. The van der Waals surface area contributed by atoms with Crippen LogP contribution in [-0.2, 0) is 9.09 Å². The summed E-state index contributed by atoms with van der Waals surface area (Å²) in [6, 6.07) is 7.68. The van der Waals surface area contributed by atoms with Gasteiger partial charge in [-0.25, -0.2) is 0 Å². The number of aryl methyl sites for hydroxylation is 1. The van der Waals surface area contributed by atoms with E-state index in [0.717, 1.165) is 23.7 Å². The molecule has 78 valence electrons. The molecule has 14 heavy (non-hydrogen) atoms. The van der Waals surface area contributed by atoms with Crippen molar-refractivity contribution in [2.45, 2.75) is 26.7 Å². The SMILES string of the molecule is CCCCO[PH](=O)c1ccccc1C. The van der Waals surface area contributed by atoms with Gasteiger partial charge < -0.3 is 4.52 Å². The molecule has 1 rings (SSSR count). The van der Waals surface area contributed by atoms with Crippen molar-refractivity contribution >= 4 is 13.3 Å². The molecule has 3 heteroatoms. The number of rotatable bonds is 5. The second-order valence-corrected chi connectivity index (χ2v) is 4.71. The van der Waals surface area contributed by atoms with E-state index in [1.54, 1.807) is 0 Å². The third kappa shape index (κ3) is 3.28. The van der Waals surface area contributed by atoms with Gasteiger partial charge in [0.1, 0.15) is 0 Å². The van der Waals surface area contributed by atoms with Crippen molar-refractivity contribution in [1.29, 1.82) is 0 Å². The average molecular weight is 212 g/mol. The molecular formula is C11H17O2P. The van der Waals surface area contributed by atoms with Crippen LogP contribution >= 0.6 is 8.03 Å². The van der Waals surface area contributed by atoms with Crippen LogP contribution in [0.25, 0.3) is 0 Å². The highest BCUT2D eigenvalue weighted by Crippen LogP contribution is 2.23. The van der Waals surface area contributed by atoms with Crippen LogP contribution in [0, 0.1) is 6.92 Å². The molecule has 0 N–H and O–H groups in total. The van der Waals surface area contributed by atoms with Crippen molar-refractivity contribution in [2.24, 2.45) is 0 Å².